The topological polar surface area (TPSA) is 149 Å². The minimum atomic E-state index is -0.721. The molecule has 2 aliphatic heterocycles. The Kier molecular flexibility index (Phi) is 4.03. The highest BCUT2D eigenvalue weighted by Gasteiger charge is 2.39. The number of aromatic nitrogens is 1. The lowest BCUT2D eigenvalue weighted by atomic mass is 10.0. The van der Waals surface area contributed by atoms with Gasteiger partial charge in [0.15, 0.2) is 5.69 Å². The molecule has 1 aromatic carbocycles. The van der Waals surface area contributed by atoms with Crippen LogP contribution in [0.4, 0.5) is 11.5 Å². The zero-order valence-corrected chi connectivity index (χ0v) is 14.5. The Morgan fingerprint density at radius 2 is 2.00 bits per heavy atom. The first-order chi connectivity index (χ1) is 13.3. The fourth-order valence-corrected chi connectivity index (χ4v) is 3.55. The van der Waals surface area contributed by atoms with Crippen LogP contribution in [0.5, 0.6) is 0 Å². The van der Waals surface area contributed by atoms with Crippen LogP contribution in [-0.2, 0) is 16.1 Å². The number of nitrogen functional groups attached to an aromatic ring is 1. The van der Waals surface area contributed by atoms with E-state index in [1.807, 2.05) is 0 Å². The normalized spacial score (nSPS) is 18.8. The number of hydrogen-bond acceptors (Lipinski definition) is 7. The molecule has 3 amide bonds. The van der Waals surface area contributed by atoms with Crippen molar-refractivity contribution in [2.75, 3.05) is 5.73 Å². The van der Waals surface area contributed by atoms with Crippen LogP contribution < -0.4 is 11.1 Å². The number of imide groups is 1. The summed E-state index contributed by atoms with van der Waals surface area (Å²) in [5.74, 6) is -1.02. The average Bonchev–Trinajstić information content (AvgIpc) is 2.97. The first kappa shape index (κ1) is 17.6. The first-order valence-electron chi connectivity index (χ1n) is 8.54. The van der Waals surface area contributed by atoms with E-state index in [2.05, 4.69) is 10.3 Å². The molecule has 2 aliphatic rings. The van der Waals surface area contributed by atoms with Crippen molar-refractivity contribution in [1.82, 2.24) is 15.2 Å². The van der Waals surface area contributed by atoms with E-state index in [-0.39, 0.29) is 48.4 Å². The Bertz CT molecular complexity index is 1050. The monoisotopic (exact) mass is 381 g/mol. The molecule has 10 nitrogen and oxygen atoms in total. The standard InChI is InChI=1S/C18H15N5O5/c19-14-5-3-12(23(27)28)16(20-14)9-1-2-11-10(7-9)8-22(18(11)26)13-4-6-15(24)21-17(13)25/h1-3,5,7,13H,4,6,8H2,(H2,19,20)(H,21,24,25). The maximum Gasteiger partial charge on any atom is 0.295 e. The Balaban J connectivity index is 1.69. The molecule has 0 radical (unpaired) electrons. The summed E-state index contributed by atoms with van der Waals surface area (Å²) in [4.78, 5) is 52.4. The molecule has 0 aliphatic carbocycles. The van der Waals surface area contributed by atoms with E-state index in [9.17, 15) is 24.5 Å². The van der Waals surface area contributed by atoms with Crippen molar-refractivity contribution in [2.24, 2.45) is 0 Å². The van der Waals surface area contributed by atoms with Gasteiger partial charge in [0.1, 0.15) is 11.9 Å². The number of anilines is 1. The van der Waals surface area contributed by atoms with Gasteiger partial charge >= 0.3 is 0 Å². The predicted octanol–water partition coefficient (Wildman–Crippen LogP) is 1.000. The summed E-state index contributed by atoms with van der Waals surface area (Å²) in [6.07, 6.45) is 0.431. The number of nitrogens with two attached hydrogens (primary N) is 1. The molecule has 1 aromatic heterocycles. The third-order valence-corrected chi connectivity index (χ3v) is 4.89. The lowest BCUT2D eigenvalue weighted by molar-refractivity contribution is -0.384. The smallest absolute Gasteiger partial charge is 0.295 e. The van der Waals surface area contributed by atoms with Crippen molar-refractivity contribution in [3.63, 3.8) is 0 Å². The van der Waals surface area contributed by atoms with Gasteiger partial charge in [0.05, 0.1) is 4.92 Å². The van der Waals surface area contributed by atoms with Crippen molar-refractivity contribution in [3.05, 3.63) is 51.6 Å². The third kappa shape index (κ3) is 2.84. The largest absolute Gasteiger partial charge is 0.384 e. The number of piperidine rings is 1. The van der Waals surface area contributed by atoms with Crippen LogP contribution in [0.2, 0.25) is 0 Å². The van der Waals surface area contributed by atoms with Gasteiger partial charge in [-0.2, -0.15) is 0 Å². The van der Waals surface area contributed by atoms with E-state index < -0.39 is 16.9 Å². The van der Waals surface area contributed by atoms with Crippen LogP contribution in [0, 0.1) is 10.1 Å². The van der Waals surface area contributed by atoms with Gasteiger partial charge in [0.2, 0.25) is 11.8 Å². The highest BCUT2D eigenvalue weighted by molar-refractivity contribution is 6.05. The number of benzene rings is 1. The average molecular weight is 381 g/mol. The van der Waals surface area contributed by atoms with E-state index >= 15 is 0 Å². The number of fused-ring (bicyclic) bond motifs is 1. The summed E-state index contributed by atoms with van der Waals surface area (Å²) in [6, 6.07) is 6.69. The molecule has 0 bridgehead atoms. The lowest BCUT2D eigenvalue weighted by Gasteiger charge is -2.29. The third-order valence-electron chi connectivity index (χ3n) is 4.89. The highest BCUT2D eigenvalue weighted by Crippen LogP contribution is 2.34. The molecule has 1 fully saturated rings. The first-order valence-corrected chi connectivity index (χ1v) is 8.54. The molecule has 1 unspecified atom stereocenters. The summed E-state index contributed by atoms with van der Waals surface area (Å²) in [7, 11) is 0. The van der Waals surface area contributed by atoms with Gasteiger partial charge < -0.3 is 10.6 Å². The number of pyridine rings is 1. The summed E-state index contributed by atoms with van der Waals surface area (Å²) in [6.45, 7) is 0.171. The van der Waals surface area contributed by atoms with Crippen LogP contribution in [0.15, 0.2) is 30.3 Å². The minimum absolute atomic E-state index is 0.111. The lowest BCUT2D eigenvalue weighted by Crippen LogP contribution is -2.52. The van der Waals surface area contributed by atoms with E-state index in [1.165, 1.54) is 17.0 Å². The molecule has 0 spiro atoms. The SMILES string of the molecule is Nc1ccc([N+](=O)[O-])c(-c2ccc3c(c2)CN(C2CCC(=O)NC2=O)C3=O)n1. The molecule has 2 aromatic rings. The molecule has 142 valence electrons. The van der Waals surface area contributed by atoms with Gasteiger partial charge in [0.25, 0.3) is 11.6 Å². The van der Waals surface area contributed by atoms with Gasteiger partial charge in [-0.1, -0.05) is 6.07 Å². The summed E-state index contributed by atoms with van der Waals surface area (Å²) >= 11 is 0. The molecular formula is C18H15N5O5. The van der Waals surface area contributed by atoms with Crippen LogP contribution in [0.1, 0.15) is 28.8 Å². The second kappa shape index (κ2) is 6.41. The fourth-order valence-electron chi connectivity index (χ4n) is 3.55. The van der Waals surface area contributed by atoms with Crippen molar-refractivity contribution in [1.29, 1.82) is 0 Å². The zero-order chi connectivity index (χ0) is 20.0. The maximum atomic E-state index is 12.7. The Hall–Kier alpha value is -3.82. The molecule has 1 saturated heterocycles. The zero-order valence-electron chi connectivity index (χ0n) is 14.5. The second-order valence-electron chi connectivity index (χ2n) is 6.63. The van der Waals surface area contributed by atoms with Gasteiger partial charge in [-0.05, 0) is 30.2 Å². The number of nitrogens with one attached hydrogen (secondary N) is 1. The van der Waals surface area contributed by atoms with Crippen molar-refractivity contribution >= 4 is 29.2 Å². The predicted molar refractivity (Wildman–Crippen MR) is 96.8 cm³/mol. The van der Waals surface area contributed by atoms with Crippen molar-refractivity contribution in [2.45, 2.75) is 25.4 Å². The van der Waals surface area contributed by atoms with E-state index in [0.717, 1.165) is 0 Å². The van der Waals surface area contributed by atoms with Crippen LogP contribution in [-0.4, -0.2) is 38.6 Å². The van der Waals surface area contributed by atoms with Crippen molar-refractivity contribution < 1.29 is 19.3 Å². The second-order valence-corrected chi connectivity index (χ2v) is 6.63. The number of nitro groups is 1. The molecule has 0 saturated carbocycles. The van der Waals surface area contributed by atoms with E-state index in [4.69, 9.17) is 5.73 Å². The highest BCUT2D eigenvalue weighted by atomic mass is 16.6. The molecule has 3 N–H and O–H groups in total. The Morgan fingerprint density at radius 3 is 2.71 bits per heavy atom. The van der Waals surface area contributed by atoms with Crippen LogP contribution >= 0.6 is 0 Å². The van der Waals surface area contributed by atoms with E-state index in [0.29, 0.717) is 16.7 Å². The minimum Gasteiger partial charge on any atom is -0.384 e. The van der Waals surface area contributed by atoms with Gasteiger partial charge in [-0.3, -0.25) is 29.8 Å². The molecular weight excluding hydrogens is 366 g/mol. The number of nitrogens with zero attached hydrogens (tertiary/aromatic N) is 3. The summed E-state index contributed by atoms with van der Waals surface area (Å²) < 4.78 is 0. The fraction of sp³-hybridized carbons (Fsp3) is 0.222. The maximum absolute atomic E-state index is 12.7. The Labute approximate surface area is 158 Å². The van der Waals surface area contributed by atoms with Crippen molar-refractivity contribution in [3.8, 4) is 11.3 Å². The molecule has 28 heavy (non-hydrogen) atoms. The summed E-state index contributed by atoms with van der Waals surface area (Å²) in [5, 5.41) is 13.6. The number of amides is 3. The molecule has 1 atom stereocenters. The quantitative estimate of drug-likeness (QED) is 0.457. The summed E-state index contributed by atoms with van der Waals surface area (Å²) in [5.41, 5.74) is 7.10. The van der Waals surface area contributed by atoms with Crippen LogP contribution in [0.25, 0.3) is 11.3 Å². The van der Waals surface area contributed by atoms with E-state index in [1.54, 1.807) is 18.2 Å². The van der Waals surface area contributed by atoms with Gasteiger partial charge in [-0.15, -0.1) is 0 Å². The molecule has 3 heterocycles. The van der Waals surface area contributed by atoms with Gasteiger partial charge in [0, 0.05) is 30.2 Å². The van der Waals surface area contributed by atoms with Crippen LogP contribution in [0.3, 0.4) is 0 Å². The van der Waals surface area contributed by atoms with Gasteiger partial charge in [-0.25, -0.2) is 4.98 Å². The molecule has 4 rings (SSSR count). The molecule has 10 heteroatoms. The number of carbonyl (C=O) groups excluding carboxylic acids is 3. The Morgan fingerprint density at radius 1 is 1.21 bits per heavy atom. The number of rotatable bonds is 3. The number of hydrogen-bond donors (Lipinski definition) is 2. The number of carbonyl (C=O) groups is 3.